The summed E-state index contributed by atoms with van der Waals surface area (Å²) in [6.07, 6.45) is 1.10. The smallest absolute Gasteiger partial charge is 0.240 e. The van der Waals surface area contributed by atoms with Crippen LogP contribution < -0.4 is 5.32 Å². The second-order valence-electron chi connectivity index (χ2n) is 3.66. The molecule has 0 radical (unpaired) electrons. The number of nitriles is 1. The van der Waals surface area contributed by atoms with Crippen molar-refractivity contribution in [3.8, 4) is 6.07 Å². The molecule has 0 saturated carbocycles. The quantitative estimate of drug-likeness (QED) is 0.854. The predicted octanol–water partition coefficient (Wildman–Crippen LogP) is 2.69. The predicted molar refractivity (Wildman–Crippen MR) is 64.8 cm³/mol. The Morgan fingerprint density at radius 1 is 1.56 bits per heavy atom. The van der Waals surface area contributed by atoms with Crippen LogP contribution >= 0.6 is 11.3 Å². The van der Waals surface area contributed by atoms with Crippen LogP contribution in [0, 0.1) is 16.7 Å². The average Bonchev–Trinajstić information content (AvgIpc) is 2.82. The van der Waals surface area contributed by atoms with Crippen molar-refractivity contribution in [2.75, 3.05) is 0 Å². The maximum atomic E-state index is 11.9. The Balaban J connectivity index is 2.61. The molecule has 4 heteroatoms. The summed E-state index contributed by atoms with van der Waals surface area (Å²) in [5, 5.41) is 13.9. The zero-order valence-electron chi connectivity index (χ0n) is 9.62. The summed E-state index contributed by atoms with van der Waals surface area (Å²) in [5.41, 5.74) is -0.864. The molecule has 1 aromatic heterocycles. The van der Waals surface area contributed by atoms with E-state index in [0.717, 1.165) is 4.88 Å². The number of hydrogen-bond acceptors (Lipinski definition) is 3. The summed E-state index contributed by atoms with van der Waals surface area (Å²) in [5.74, 6) is -0.159. The first-order valence-corrected chi connectivity index (χ1v) is 6.28. The molecule has 1 aromatic rings. The lowest BCUT2D eigenvalue weighted by Crippen LogP contribution is -2.38. The van der Waals surface area contributed by atoms with Crippen LogP contribution in [0.1, 0.15) is 31.6 Å². The lowest BCUT2D eigenvalue weighted by molar-refractivity contribution is -0.128. The Labute approximate surface area is 100 Å². The molecular formula is C12H16N2OS. The van der Waals surface area contributed by atoms with Gasteiger partial charge in [0.25, 0.3) is 0 Å². The van der Waals surface area contributed by atoms with E-state index in [9.17, 15) is 4.79 Å². The lowest BCUT2D eigenvalue weighted by atomic mass is 9.83. The molecule has 0 aliphatic carbocycles. The van der Waals surface area contributed by atoms with Gasteiger partial charge in [0, 0.05) is 4.88 Å². The van der Waals surface area contributed by atoms with E-state index in [4.69, 9.17) is 5.26 Å². The van der Waals surface area contributed by atoms with Gasteiger partial charge in [0.15, 0.2) is 0 Å². The van der Waals surface area contributed by atoms with E-state index in [1.807, 2.05) is 31.4 Å². The van der Waals surface area contributed by atoms with Crippen LogP contribution in [0.5, 0.6) is 0 Å². The summed E-state index contributed by atoms with van der Waals surface area (Å²) in [6, 6.07) is 6.05. The SMILES string of the molecule is CCC(C#N)(CC)C(=O)NCc1cccs1. The largest absolute Gasteiger partial charge is 0.350 e. The molecule has 3 nitrogen and oxygen atoms in total. The summed E-state index contributed by atoms with van der Waals surface area (Å²) in [6.45, 7) is 4.26. The number of hydrogen-bond donors (Lipinski definition) is 1. The van der Waals surface area contributed by atoms with Gasteiger partial charge < -0.3 is 5.32 Å². The molecule has 0 atom stereocenters. The molecule has 0 unspecified atom stereocenters. The fourth-order valence-electron chi connectivity index (χ4n) is 1.53. The Bertz CT molecular complexity index is 374. The first-order valence-electron chi connectivity index (χ1n) is 5.40. The van der Waals surface area contributed by atoms with Gasteiger partial charge in [-0.3, -0.25) is 4.79 Å². The first-order chi connectivity index (χ1) is 7.68. The van der Waals surface area contributed by atoms with Crippen LogP contribution in [0.2, 0.25) is 0 Å². The number of nitrogens with one attached hydrogen (secondary N) is 1. The van der Waals surface area contributed by atoms with E-state index in [1.54, 1.807) is 11.3 Å². The van der Waals surface area contributed by atoms with Crippen LogP contribution in [-0.2, 0) is 11.3 Å². The minimum Gasteiger partial charge on any atom is -0.350 e. The van der Waals surface area contributed by atoms with Crippen LogP contribution in [0.15, 0.2) is 17.5 Å². The third-order valence-electron chi connectivity index (χ3n) is 2.86. The topological polar surface area (TPSA) is 52.9 Å². The Morgan fingerprint density at radius 2 is 2.25 bits per heavy atom. The van der Waals surface area contributed by atoms with Gasteiger partial charge in [0.05, 0.1) is 12.6 Å². The molecule has 1 N–H and O–H groups in total. The van der Waals surface area contributed by atoms with E-state index in [2.05, 4.69) is 11.4 Å². The van der Waals surface area contributed by atoms with Crippen molar-refractivity contribution in [3.05, 3.63) is 22.4 Å². The summed E-state index contributed by atoms with van der Waals surface area (Å²) >= 11 is 1.60. The van der Waals surface area contributed by atoms with Crippen molar-refractivity contribution >= 4 is 17.2 Å². The highest BCUT2D eigenvalue weighted by atomic mass is 32.1. The van der Waals surface area contributed by atoms with Crippen molar-refractivity contribution in [2.24, 2.45) is 5.41 Å². The fraction of sp³-hybridized carbons (Fsp3) is 0.500. The normalized spacial score (nSPS) is 10.8. The lowest BCUT2D eigenvalue weighted by Gasteiger charge is -2.21. The van der Waals surface area contributed by atoms with Gasteiger partial charge in [0.1, 0.15) is 5.41 Å². The van der Waals surface area contributed by atoms with Crippen LogP contribution in [0.25, 0.3) is 0 Å². The number of thiophene rings is 1. The average molecular weight is 236 g/mol. The van der Waals surface area contributed by atoms with Gasteiger partial charge in [-0.05, 0) is 24.3 Å². The highest BCUT2D eigenvalue weighted by Crippen LogP contribution is 2.25. The number of nitrogens with zero attached hydrogens (tertiary/aromatic N) is 1. The van der Waals surface area contributed by atoms with Crippen LogP contribution in [0.3, 0.4) is 0 Å². The standard InChI is InChI=1S/C12H16N2OS/c1-3-12(4-2,9-13)11(15)14-8-10-6-5-7-16-10/h5-7H,3-4,8H2,1-2H3,(H,14,15). The molecule has 0 saturated heterocycles. The second-order valence-corrected chi connectivity index (χ2v) is 4.70. The molecule has 0 aliphatic rings. The fourth-order valence-corrected chi connectivity index (χ4v) is 2.17. The van der Waals surface area contributed by atoms with E-state index in [0.29, 0.717) is 19.4 Å². The monoisotopic (exact) mass is 236 g/mol. The van der Waals surface area contributed by atoms with Gasteiger partial charge in [-0.25, -0.2) is 0 Å². The molecule has 0 spiro atoms. The third kappa shape index (κ3) is 2.61. The zero-order valence-corrected chi connectivity index (χ0v) is 10.4. The molecule has 1 rings (SSSR count). The van der Waals surface area contributed by atoms with Crippen molar-refractivity contribution < 1.29 is 4.79 Å². The van der Waals surface area contributed by atoms with Gasteiger partial charge in [-0.1, -0.05) is 19.9 Å². The number of rotatable bonds is 5. The van der Waals surface area contributed by atoms with E-state index in [-0.39, 0.29) is 5.91 Å². The van der Waals surface area contributed by atoms with Crippen molar-refractivity contribution in [1.29, 1.82) is 5.26 Å². The Kier molecular flexibility index (Phi) is 4.51. The summed E-state index contributed by atoms with van der Waals surface area (Å²) < 4.78 is 0. The van der Waals surface area contributed by atoms with E-state index >= 15 is 0 Å². The van der Waals surface area contributed by atoms with E-state index in [1.165, 1.54) is 0 Å². The van der Waals surface area contributed by atoms with Gasteiger partial charge in [-0.15, -0.1) is 11.3 Å². The van der Waals surface area contributed by atoms with Gasteiger partial charge in [-0.2, -0.15) is 5.26 Å². The molecule has 86 valence electrons. The highest BCUT2D eigenvalue weighted by molar-refractivity contribution is 7.09. The minimum atomic E-state index is -0.864. The maximum Gasteiger partial charge on any atom is 0.240 e. The summed E-state index contributed by atoms with van der Waals surface area (Å²) in [7, 11) is 0. The van der Waals surface area contributed by atoms with Gasteiger partial charge >= 0.3 is 0 Å². The third-order valence-corrected chi connectivity index (χ3v) is 3.74. The molecule has 1 heterocycles. The van der Waals surface area contributed by atoms with Gasteiger partial charge in [0.2, 0.25) is 5.91 Å². The number of carbonyl (C=O) groups excluding carboxylic acids is 1. The maximum absolute atomic E-state index is 11.9. The van der Waals surface area contributed by atoms with Crippen LogP contribution in [0.4, 0.5) is 0 Å². The molecule has 1 amide bonds. The molecule has 0 bridgehead atoms. The minimum absolute atomic E-state index is 0.159. The summed E-state index contributed by atoms with van der Waals surface area (Å²) in [4.78, 5) is 13.0. The number of amides is 1. The molecular weight excluding hydrogens is 220 g/mol. The highest BCUT2D eigenvalue weighted by Gasteiger charge is 2.34. The molecule has 0 aromatic carbocycles. The second kappa shape index (κ2) is 5.66. The van der Waals surface area contributed by atoms with Crippen LogP contribution in [-0.4, -0.2) is 5.91 Å². The number of carbonyl (C=O) groups is 1. The zero-order chi connectivity index (χ0) is 12.0. The Hall–Kier alpha value is -1.34. The van der Waals surface area contributed by atoms with E-state index < -0.39 is 5.41 Å². The molecule has 16 heavy (non-hydrogen) atoms. The van der Waals surface area contributed by atoms with Crippen molar-refractivity contribution in [3.63, 3.8) is 0 Å². The first kappa shape index (κ1) is 12.7. The molecule has 0 aliphatic heterocycles. The molecule has 0 fully saturated rings. The van der Waals surface area contributed by atoms with Crippen molar-refractivity contribution in [1.82, 2.24) is 5.32 Å². The Morgan fingerprint density at radius 3 is 2.69 bits per heavy atom. The van der Waals surface area contributed by atoms with Crippen molar-refractivity contribution in [2.45, 2.75) is 33.2 Å².